The van der Waals surface area contributed by atoms with Gasteiger partial charge in [-0.05, 0) is 24.5 Å². The van der Waals surface area contributed by atoms with Crippen LogP contribution in [-0.2, 0) is 4.08 Å². The van der Waals surface area contributed by atoms with Crippen molar-refractivity contribution in [1.29, 1.82) is 0 Å². The quantitative estimate of drug-likeness (QED) is 0.342. The van der Waals surface area contributed by atoms with Gasteiger partial charge >= 0.3 is 0 Å². The fraction of sp³-hybridized carbons (Fsp3) is 0.241. The third kappa shape index (κ3) is 3.69. The molecule has 0 aromatic heterocycles. The second kappa shape index (κ2) is 9.10. The summed E-state index contributed by atoms with van der Waals surface area (Å²) in [6, 6.07) is 27.2. The molecule has 1 saturated heterocycles. The molecule has 2 heterocycles. The van der Waals surface area contributed by atoms with Crippen molar-refractivity contribution in [2.75, 3.05) is 0 Å². The van der Waals surface area contributed by atoms with Gasteiger partial charge in [0.2, 0.25) is 0 Å². The van der Waals surface area contributed by atoms with Crippen molar-refractivity contribution in [2.24, 2.45) is 0 Å². The number of carbonyl (C=O) groups is 2. The van der Waals surface area contributed by atoms with E-state index in [0.717, 1.165) is 4.90 Å². The van der Waals surface area contributed by atoms with Crippen LogP contribution in [0.3, 0.4) is 0 Å². The highest BCUT2D eigenvalue weighted by Crippen LogP contribution is 2.69. The van der Waals surface area contributed by atoms with Crippen molar-refractivity contribution in [2.45, 2.75) is 45.2 Å². The molecule has 1 spiro atoms. The lowest BCUT2D eigenvalue weighted by molar-refractivity contribution is 0.100. The number of rotatable bonds is 4. The Morgan fingerprint density at radius 2 is 1.21 bits per heavy atom. The van der Waals surface area contributed by atoms with E-state index in [-0.39, 0.29) is 11.6 Å². The Labute approximate surface area is 213 Å². The van der Waals surface area contributed by atoms with Crippen LogP contribution in [0, 0.1) is 0 Å². The molecule has 2 fully saturated rings. The van der Waals surface area contributed by atoms with Crippen molar-refractivity contribution in [3.63, 3.8) is 0 Å². The number of fused-ring (bicyclic) bond motifs is 3. The largest absolute Gasteiger partial charge is 0.289 e. The second-order valence-corrected chi connectivity index (χ2v) is 13.1. The fourth-order valence-electron chi connectivity index (χ4n) is 5.17. The number of ketones is 2. The van der Waals surface area contributed by atoms with E-state index < -0.39 is 4.08 Å². The maximum atomic E-state index is 14.3. The zero-order chi connectivity index (χ0) is 23.1. The average Bonchev–Trinajstić information content (AvgIpc) is 3.28. The normalized spacial score (nSPS) is 25.6. The maximum Gasteiger partial charge on any atom is 0.200 e. The summed E-state index contributed by atoms with van der Waals surface area (Å²) in [7, 11) is 0. The summed E-state index contributed by atoms with van der Waals surface area (Å²) in [6.07, 6.45) is 4.83. The first-order valence-electron chi connectivity index (χ1n) is 11.7. The van der Waals surface area contributed by atoms with Crippen LogP contribution in [0.15, 0.2) is 100 Å². The molecule has 0 N–H and O–H groups in total. The van der Waals surface area contributed by atoms with Crippen molar-refractivity contribution < 1.29 is 9.59 Å². The van der Waals surface area contributed by atoms with Crippen LogP contribution in [0.25, 0.3) is 0 Å². The minimum Gasteiger partial charge on any atom is -0.289 e. The maximum absolute atomic E-state index is 14.3. The molecule has 3 aliphatic rings. The molecule has 1 aliphatic carbocycles. The van der Waals surface area contributed by atoms with Gasteiger partial charge in [-0.15, -0.1) is 23.5 Å². The topological polar surface area (TPSA) is 34.1 Å². The number of hydrogen-bond acceptors (Lipinski definition) is 5. The number of Topliss-reactive ketones (excluding diaryl/α,β-unsaturated/α-hetero) is 2. The molecule has 170 valence electrons. The Morgan fingerprint density at radius 3 is 1.82 bits per heavy atom. The van der Waals surface area contributed by atoms with Crippen LogP contribution >= 0.6 is 35.3 Å². The third-order valence-corrected chi connectivity index (χ3v) is 12.0. The minimum absolute atomic E-state index is 0.0273. The van der Waals surface area contributed by atoms with Crippen LogP contribution in [0.4, 0.5) is 0 Å². The molecule has 2 atom stereocenters. The summed E-state index contributed by atoms with van der Waals surface area (Å²) < 4.78 is -0.561. The van der Waals surface area contributed by atoms with E-state index >= 15 is 0 Å². The molecule has 2 nitrogen and oxygen atoms in total. The molecule has 2 aliphatic heterocycles. The molecular weight excluding hydrogens is 477 g/mol. The van der Waals surface area contributed by atoms with Crippen LogP contribution < -0.4 is 0 Å². The lowest BCUT2D eigenvalue weighted by Crippen LogP contribution is -2.31. The van der Waals surface area contributed by atoms with Gasteiger partial charge in [-0.1, -0.05) is 103 Å². The Balaban J connectivity index is 1.60. The highest BCUT2D eigenvalue weighted by atomic mass is 32.2. The first-order valence-corrected chi connectivity index (χ1v) is 14.3. The van der Waals surface area contributed by atoms with Crippen LogP contribution in [-0.4, -0.2) is 22.1 Å². The fourth-order valence-corrected chi connectivity index (χ4v) is 11.2. The standard InChI is InChI=1S/C29H24O2S3/c30-26(19-11-3-1-4-12-19)25-28(27(31)20-13-5-2-6-14-20)32-22-16-8-7-15-21(22)29(25)33-23-17-9-10-18-24(23)34-29/h1-8,11-16,23-24H,9-10,17-18H2. The van der Waals surface area contributed by atoms with Gasteiger partial charge in [-0.25, -0.2) is 0 Å². The van der Waals surface area contributed by atoms with Crippen molar-refractivity contribution in [1.82, 2.24) is 0 Å². The SMILES string of the molecule is O=C(C1=C(C(=O)c2ccccc2)C2(SC3CCCCC3S2)c2ccccc2S1)c1ccccc1. The van der Waals surface area contributed by atoms with Crippen LogP contribution in [0.5, 0.6) is 0 Å². The first-order chi connectivity index (χ1) is 16.7. The van der Waals surface area contributed by atoms with E-state index in [4.69, 9.17) is 0 Å². The van der Waals surface area contributed by atoms with Gasteiger partial charge in [-0.2, -0.15) is 0 Å². The number of allylic oxidation sites excluding steroid dienone is 1. The predicted octanol–water partition coefficient (Wildman–Crippen LogP) is 7.76. The van der Waals surface area contributed by atoms with Gasteiger partial charge in [0.25, 0.3) is 0 Å². The first kappa shape index (κ1) is 22.3. The summed E-state index contributed by atoms with van der Waals surface area (Å²) in [5.74, 6) is -0.0876. The summed E-state index contributed by atoms with van der Waals surface area (Å²) in [4.78, 5) is 29.9. The molecule has 2 unspecified atom stereocenters. The highest BCUT2D eigenvalue weighted by Gasteiger charge is 2.56. The molecule has 1 saturated carbocycles. The second-order valence-electron chi connectivity index (χ2n) is 8.91. The highest BCUT2D eigenvalue weighted by molar-refractivity contribution is 8.22. The molecule has 3 aromatic carbocycles. The summed E-state index contributed by atoms with van der Waals surface area (Å²) in [5, 5.41) is 1.00. The van der Waals surface area contributed by atoms with E-state index in [1.165, 1.54) is 43.0 Å². The predicted molar refractivity (Wildman–Crippen MR) is 144 cm³/mol. The van der Waals surface area contributed by atoms with Gasteiger partial charge in [-0.3, -0.25) is 9.59 Å². The zero-order valence-corrected chi connectivity index (χ0v) is 21.1. The van der Waals surface area contributed by atoms with E-state index in [0.29, 0.717) is 32.1 Å². The molecular formula is C29H24O2S3. The number of hydrogen-bond donors (Lipinski definition) is 0. The molecule has 34 heavy (non-hydrogen) atoms. The van der Waals surface area contributed by atoms with Gasteiger partial charge < -0.3 is 0 Å². The molecule has 6 rings (SSSR count). The van der Waals surface area contributed by atoms with Crippen molar-refractivity contribution in [3.8, 4) is 0 Å². The van der Waals surface area contributed by atoms with Gasteiger partial charge in [0.15, 0.2) is 11.6 Å². The van der Waals surface area contributed by atoms with E-state index in [1.807, 2.05) is 90.3 Å². The van der Waals surface area contributed by atoms with Gasteiger partial charge in [0.05, 0.1) is 4.91 Å². The Kier molecular flexibility index (Phi) is 5.96. The summed E-state index contributed by atoms with van der Waals surface area (Å²) in [5.41, 5.74) is 3.11. The van der Waals surface area contributed by atoms with Crippen molar-refractivity contribution in [3.05, 3.63) is 112 Å². The lowest BCUT2D eigenvalue weighted by atomic mass is 9.93. The lowest BCUT2D eigenvalue weighted by Gasteiger charge is -2.37. The Bertz CT molecular complexity index is 1270. The van der Waals surface area contributed by atoms with Crippen LogP contribution in [0.2, 0.25) is 0 Å². The number of thioether (sulfide) groups is 3. The minimum atomic E-state index is -0.561. The molecule has 3 aromatic rings. The van der Waals surface area contributed by atoms with Crippen LogP contribution in [0.1, 0.15) is 52.0 Å². The average molecular weight is 501 g/mol. The summed E-state index contributed by atoms with van der Waals surface area (Å²) >= 11 is 5.32. The third-order valence-electron chi connectivity index (χ3n) is 6.79. The smallest absolute Gasteiger partial charge is 0.200 e. The zero-order valence-electron chi connectivity index (χ0n) is 18.6. The molecule has 0 bridgehead atoms. The Morgan fingerprint density at radius 1 is 0.676 bits per heavy atom. The molecule has 0 radical (unpaired) electrons. The van der Waals surface area contributed by atoms with Gasteiger partial charge in [0, 0.05) is 32.1 Å². The molecule has 5 heteroatoms. The Hall–Kier alpha value is -2.21. The van der Waals surface area contributed by atoms with Gasteiger partial charge in [0.1, 0.15) is 4.08 Å². The van der Waals surface area contributed by atoms with Crippen molar-refractivity contribution >= 4 is 46.9 Å². The summed E-state index contributed by atoms with van der Waals surface area (Å²) in [6.45, 7) is 0. The van der Waals surface area contributed by atoms with E-state index in [2.05, 4.69) is 18.2 Å². The van der Waals surface area contributed by atoms with E-state index in [9.17, 15) is 9.59 Å². The number of benzene rings is 3. The monoisotopic (exact) mass is 500 g/mol. The number of carbonyl (C=O) groups excluding carboxylic acids is 2. The molecule has 0 amide bonds. The van der Waals surface area contributed by atoms with E-state index in [1.54, 1.807) is 0 Å².